The van der Waals surface area contributed by atoms with Crippen molar-refractivity contribution >= 4 is 5.82 Å². The highest BCUT2D eigenvalue weighted by atomic mass is 16.5. The molecule has 0 bridgehead atoms. The van der Waals surface area contributed by atoms with Crippen LogP contribution in [0.25, 0.3) is 11.3 Å². The summed E-state index contributed by atoms with van der Waals surface area (Å²) in [6, 6.07) is 8.29. The zero-order chi connectivity index (χ0) is 13.2. The number of rotatable bonds is 5. The molecule has 1 aromatic carbocycles. The minimum atomic E-state index is 0.586. The fourth-order valence-corrected chi connectivity index (χ4v) is 1.99. The van der Waals surface area contributed by atoms with Crippen LogP contribution in [0.2, 0.25) is 0 Å². The summed E-state index contributed by atoms with van der Waals surface area (Å²) in [6.07, 6.45) is 2.45. The number of H-pyrrole nitrogens is 1. The summed E-state index contributed by atoms with van der Waals surface area (Å²) in [4.78, 5) is 0. The third-order valence-corrected chi connectivity index (χ3v) is 3.20. The van der Waals surface area contributed by atoms with E-state index in [0.717, 1.165) is 28.6 Å². The molecule has 5 nitrogen and oxygen atoms in total. The van der Waals surface area contributed by atoms with E-state index in [9.17, 15) is 0 Å². The van der Waals surface area contributed by atoms with Gasteiger partial charge in [0.05, 0.1) is 19.9 Å². The highest BCUT2D eigenvalue weighted by Gasteiger charge is 2.22. The Balaban J connectivity index is 1.92. The van der Waals surface area contributed by atoms with E-state index in [-0.39, 0.29) is 0 Å². The average molecular weight is 259 g/mol. The summed E-state index contributed by atoms with van der Waals surface area (Å²) in [5.41, 5.74) is 1.86. The number of aromatic amines is 1. The zero-order valence-corrected chi connectivity index (χ0v) is 11.1. The summed E-state index contributed by atoms with van der Waals surface area (Å²) in [7, 11) is 3.31. The van der Waals surface area contributed by atoms with Crippen LogP contribution in [0.4, 0.5) is 5.82 Å². The highest BCUT2D eigenvalue weighted by Crippen LogP contribution is 2.33. The number of hydrogen-bond acceptors (Lipinski definition) is 4. The molecule has 0 unspecified atom stereocenters. The van der Waals surface area contributed by atoms with Gasteiger partial charge in [0.1, 0.15) is 17.3 Å². The Morgan fingerprint density at radius 1 is 1.21 bits per heavy atom. The van der Waals surface area contributed by atoms with Gasteiger partial charge in [0.25, 0.3) is 0 Å². The number of benzene rings is 1. The molecule has 100 valence electrons. The van der Waals surface area contributed by atoms with E-state index < -0.39 is 0 Å². The number of nitrogens with one attached hydrogen (secondary N) is 2. The van der Waals surface area contributed by atoms with Gasteiger partial charge in [-0.2, -0.15) is 5.10 Å². The van der Waals surface area contributed by atoms with Crippen LogP contribution < -0.4 is 14.8 Å². The zero-order valence-electron chi connectivity index (χ0n) is 11.1. The van der Waals surface area contributed by atoms with Crippen LogP contribution in [-0.4, -0.2) is 30.5 Å². The normalized spacial score (nSPS) is 14.2. The van der Waals surface area contributed by atoms with Gasteiger partial charge in [0.15, 0.2) is 0 Å². The van der Waals surface area contributed by atoms with Gasteiger partial charge >= 0.3 is 0 Å². The molecular weight excluding hydrogens is 242 g/mol. The molecule has 0 saturated heterocycles. The lowest BCUT2D eigenvalue weighted by Crippen LogP contribution is -2.00. The molecule has 0 spiro atoms. The molecule has 2 N–H and O–H groups in total. The first-order valence-electron chi connectivity index (χ1n) is 6.34. The molecule has 1 heterocycles. The Hall–Kier alpha value is -2.17. The van der Waals surface area contributed by atoms with Crippen molar-refractivity contribution in [3.05, 3.63) is 24.3 Å². The first-order valence-corrected chi connectivity index (χ1v) is 6.34. The van der Waals surface area contributed by atoms with Crippen LogP contribution >= 0.6 is 0 Å². The minimum absolute atomic E-state index is 0.586. The second-order valence-corrected chi connectivity index (χ2v) is 4.65. The summed E-state index contributed by atoms with van der Waals surface area (Å²) >= 11 is 0. The number of ether oxygens (including phenoxy) is 2. The Kier molecular flexibility index (Phi) is 3.03. The molecule has 1 aromatic heterocycles. The number of hydrogen-bond donors (Lipinski definition) is 2. The molecule has 3 rings (SSSR count). The van der Waals surface area contributed by atoms with Gasteiger partial charge in [-0.15, -0.1) is 0 Å². The van der Waals surface area contributed by atoms with Crippen molar-refractivity contribution in [3.63, 3.8) is 0 Å². The third kappa shape index (κ3) is 2.50. The lowest BCUT2D eigenvalue weighted by Gasteiger charge is -2.08. The first-order chi connectivity index (χ1) is 9.30. The predicted octanol–water partition coefficient (Wildman–Crippen LogP) is 2.67. The number of nitrogens with zero attached hydrogens (tertiary/aromatic N) is 1. The number of anilines is 1. The van der Waals surface area contributed by atoms with E-state index in [1.54, 1.807) is 14.2 Å². The molecule has 0 radical (unpaired) electrons. The third-order valence-electron chi connectivity index (χ3n) is 3.20. The largest absolute Gasteiger partial charge is 0.497 e. The van der Waals surface area contributed by atoms with E-state index in [2.05, 4.69) is 15.5 Å². The maximum Gasteiger partial charge on any atom is 0.148 e. The van der Waals surface area contributed by atoms with E-state index in [1.807, 2.05) is 24.3 Å². The lowest BCUT2D eigenvalue weighted by molar-refractivity contribution is 0.404. The van der Waals surface area contributed by atoms with Crippen LogP contribution in [0.1, 0.15) is 12.8 Å². The smallest absolute Gasteiger partial charge is 0.148 e. The molecule has 5 heteroatoms. The Morgan fingerprint density at radius 2 is 2.05 bits per heavy atom. The summed E-state index contributed by atoms with van der Waals surface area (Å²) in [5, 5.41) is 10.7. The van der Waals surface area contributed by atoms with Crippen molar-refractivity contribution < 1.29 is 9.47 Å². The topological polar surface area (TPSA) is 59.2 Å². The van der Waals surface area contributed by atoms with E-state index in [1.165, 1.54) is 12.8 Å². The standard InChI is InChI=1S/C14H17N3O2/c1-18-10-5-6-13(19-2)11(7-10)12-8-14(17-16-12)15-9-3-4-9/h5-9H,3-4H2,1-2H3,(H2,15,16,17). The Morgan fingerprint density at radius 3 is 2.74 bits per heavy atom. The van der Waals surface area contributed by atoms with Gasteiger partial charge in [-0.3, -0.25) is 5.10 Å². The monoisotopic (exact) mass is 259 g/mol. The summed E-state index contributed by atoms with van der Waals surface area (Å²) in [6.45, 7) is 0. The van der Waals surface area contributed by atoms with Crippen LogP contribution in [-0.2, 0) is 0 Å². The highest BCUT2D eigenvalue weighted by molar-refractivity contribution is 5.71. The fraction of sp³-hybridized carbons (Fsp3) is 0.357. The van der Waals surface area contributed by atoms with Crippen molar-refractivity contribution in [2.75, 3.05) is 19.5 Å². The molecule has 1 aliphatic carbocycles. The summed E-state index contributed by atoms with van der Waals surface area (Å²) < 4.78 is 10.6. The second kappa shape index (κ2) is 4.84. The molecule has 1 aliphatic rings. The number of aromatic nitrogens is 2. The second-order valence-electron chi connectivity index (χ2n) is 4.65. The molecule has 1 saturated carbocycles. The fourth-order valence-electron chi connectivity index (χ4n) is 1.99. The van der Waals surface area contributed by atoms with Gasteiger partial charge in [-0.25, -0.2) is 0 Å². The van der Waals surface area contributed by atoms with Crippen molar-refractivity contribution in [1.29, 1.82) is 0 Å². The SMILES string of the molecule is COc1ccc(OC)c(-c2cc(NC3CC3)n[nH]2)c1. The minimum Gasteiger partial charge on any atom is -0.497 e. The molecule has 0 atom stereocenters. The van der Waals surface area contributed by atoms with Gasteiger partial charge < -0.3 is 14.8 Å². The molecule has 1 fully saturated rings. The van der Waals surface area contributed by atoms with Crippen molar-refractivity contribution in [1.82, 2.24) is 10.2 Å². The molecule has 19 heavy (non-hydrogen) atoms. The van der Waals surface area contributed by atoms with Crippen LogP contribution in [0.3, 0.4) is 0 Å². The quantitative estimate of drug-likeness (QED) is 0.866. The Labute approximate surface area is 111 Å². The van der Waals surface area contributed by atoms with Gasteiger partial charge in [-0.1, -0.05) is 0 Å². The Bertz CT molecular complexity index is 576. The van der Waals surface area contributed by atoms with Crippen LogP contribution in [0.5, 0.6) is 11.5 Å². The molecule has 2 aromatic rings. The summed E-state index contributed by atoms with van der Waals surface area (Å²) in [5.74, 6) is 2.46. The van der Waals surface area contributed by atoms with Gasteiger partial charge in [0.2, 0.25) is 0 Å². The maximum atomic E-state index is 5.38. The van der Waals surface area contributed by atoms with Crippen molar-refractivity contribution in [2.45, 2.75) is 18.9 Å². The van der Waals surface area contributed by atoms with Gasteiger partial charge in [0, 0.05) is 17.7 Å². The average Bonchev–Trinajstić information content (AvgIpc) is 3.14. The number of methoxy groups -OCH3 is 2. The molecular formula is C14H17N3O2. The lowest BCUT2D eigenvalue weighted by atomic mass is 10.1. The van der Waals surface area contributed by atoms with E-state index >= 15 is 0 Å². The van der Waals surface area contributed by atoms with Crippen LogP contribution in [0.15, 0.2) is 24.3 Å². The van der Waals surface area contributed by atoms with Crippen molar-refractivity contribution in [2.24, 2.45) is 0 Å². The maximum absolute atomic E-state index is 5.38. The molecule has 0 aliphatic heterocycles. The van der Waals surface area contributed by atoms with Gasteiger partial charge in [-0.05, 0) is 31.0 Å². The molecule has 0 amide bonds. The first kappa shape index (κ1) is 11.9. The van der Waals surface area contributed by atoms with E-state index in [4.69, 9.17) is 9.47 Å². The van der Waals surface area contributed by atoms with Crippen LogP contribution in [0, 0.1) is 0 Å². The predicted molar refractivity (Wildman–Crippen MR) is 73.8 cm³/mol. The van der Waals surface area contributed by atoms with Crippen molar-refractivity contribution in [3.8, 4) is 22.8 Å². The van der Waals surface area contributed by atoms with E-state index in [0.29, 0.717) is 6.04 Å².